The van der Waals surface area contributed by atoms with Crippen molar-refractivity contribution in [1.29, 1.82) is 0 Å². The number of methoxy groups -OCH3 is 1. The van der Waals surface area contributed by atoms with Gasteiger partial charge in [-0.15, -0.1) is 0 Å². The zero-order valence-corrected chi connectivity index (χ0v) is 16.5. The highest BCUT2D eigenvalue weighted by molar-refractivity contribution is 6.39. The Balaban J connectivity index is 1.90. The molecule has 1 N–H and O–H groups in total. The van der Waals surface area contributed by atoms with Gasteiger partial charge in [0.05, 0.1) is 22.8 Å². The summed E-state index contributed by atoms with van der Waals surface area (Å²) in [6.07, 6.45) is 3.28. The number of hydrogen-bond acceptors (Lipinski definition) is 5. The minimum Gasteiger partial charge on any atom is -0.470 e. The molecule has 0 atom stereocenters. The van der Waals surface area contributed by atoms with Crippen LogP contribution in [0.15, 0.2) is 66.2 Å². The van der Waals surface area contributed by atoms with E-state index in [-0.39, 0.29) is 12.4 Å². The first-order chi connectivity index (χ1) is 13.0. The molecule has 0 aromatic heterocycles. The Labute approximate surface area is 171 Å². The number of benzene rings is 2. The van der Waals surface area contributed by atoms with Gasteiger partial charge < -0.3 is 14.8 Å². The van der Waals surface area contributed by atoms with Gasteiger partial charge in [0.15, 0.2) is 18.2 Å². The Morgan fingerprint density at radius 2 is 1.81 bits per heavy atom. The SMILES string of the molecule is COC(=O)C1=C(/C=C/Nc2ccc(Cl)cc2)OCN1c1c(Cl)cccc1Cl. The summed E-state index contributed by atoms with van der Waals surface area (Å²) < 4.78 is 10.6. The van der Waals surface area contributed by atoms with Gasteiger partial charge in [0, 0.05) is 16.9 Å². The van der Waals surface area contributed by atoms with Crippen molar-refractivity contribution in [2.45, 2.75) is 0 Å². The van der Waals surface area contributed by atoms with Gasteiger partial charge in [-0.3, -0.25) is 4.90 Å². The van der Waals surface area contributed by atoms with Crippen molar-refractivity contribution in [2.75, 3.05) is 24.1 Å². The lowest BCUT2D eigenvalue weighted by Crippen LogP contribution is -2.25. The molecule has 140 valence electrons. The van der Waals surface area contributed by atoms with E-state index in [2.05, 4.69) is 5.32 Å². The number of para-hydroxylation sites is 1. The van der Waals surface area contributed by atoms with Crippen molar-refractivity contribution in [3.8, 4) is 0 Å². The number of allylic oxidation sites excluding steroid dienone is 1. The molecule has 1 heterocycles. The molecule has 2 aromatic rings. The second kappa shape index (κ2) is 8.57. The maximum atomic E-state index is 12.3. The predicted molar refractivity (Wildman–Crippen MR) is 108 cm³/mol. The molecule has 3 rings (SSSR count). The van der Waals surface area contributed by atoms with Crippen LogP contribution < -0.4 is 10.2 Å². The van der Waals surface area contributed by atoms with E-state index in [9.17, 15) is 4.79 Å². The smallest absolute Gasteiger partial charge is 0.358 e. The normalized spacial score (nSPS) is 13.9. The Morgan fingerprint density at radius 1 is 1.15 bits per heavy atom. The van der Waals surface area contributed by atoms with Gasteiger partial charge in [-0.05, 0) is 42.5 Å². The number of rotatable bonds is 5. The topological polar surface area (TPSA) is 50.8 Å². The molecule has 1 aliphatic rings. The van der Waals surface area contributed by atoms with Crippen molar-refractivity contribution >= 4 is 52.1 Å². The van der Waals surface area contributed by atoms with Crippen molar-refractivity contribution in [3.05, 3.63) is 81.3 Å². The fourth-order valence-electron chi connectivity index (χ4n) is 2.52. The molecular formula is C19H15Cl3N2O3. The molecule has 0 fully saturated rings. The summed E-state index contributed by atoms with van der Waals surface area (Å²) >= 11 is 18.4. The summed E-state index contributed by atoms with van der Waals surface area (Å²) in [6, 6.07) is 12.3. The van der Waals surface area contributed by atoms with E-state index < -0.39 is 5.97 Å². The number of ether oxygens (including phenoxy) is 2. The lowest BCUT2D eigenvalue weighted by atomic mass is 10.2. The van der Waals surface area contributed by atoms with Gasteiger partial charge in [-0.2, -0.15) is 0 Å². The third-order valence-corrected chi connectivity index (χ3v) is 4.63. The van der Waals surface area contributed by atoms with Gasteiger partial charge in [0.1, 0.15) is 0 Å². The van der Waals surface area contributed by atoms with Crippen LogP contribution in [0.4, 0.5) is 11.4 Å². The van der Waals surface area contributed by atoms with Gasteiger partial charge in [-0.25, -0.2) is 4.79 Å². The molecule has 0 spiro atoms. The van der Waals surface area contributed by atoms with E-state index >= 15 is 0 Å². The van der Waals surface area contributed by atoms with Crippen molar-refractivity contribution in [3.63, 3.8) is 0 Å². The maximum Gasteiger partial charge on any atom is 0.358 e. The van der Waals surface area contributed by atoms with Crippen LogP contribution in [-0.2, 0) is 14.3 Å². The number of nitrogens with one attached hydrogen (secondary N) is 1. The summed E-state index contributed by atoms with van der Waals surface area (Å²) in [7, 11) is 1.30. The Bertz CT molecular complexity index is 891. The van der Waals surface area contributed by atoms with Crippen LogP contribution in [0.5, 0.6) is 0 Å². The molecule has 0 radical (unpaired) electrons. The number of anilines is 2. The van der Waals surface area contributed by atoms with Crippen LogP contribution in [0.1, 0.15) is 0 Å². The summed E-state index contributed by atoms with van der Waals surface area (Å²) in [5, 5.41) is 4.52. The number of esters is 1. The molecule has 0 saturated heterocycles. The van der Waals surface area contributed by atoms with Crippen molar-refractivity contribution in [2.24, 2.45) is 0 Å². The van der Waals surface area contributed by atoms with Crippen LogP contribution in [0, 0.1) is 0 Å². The number of hydrogen-bond donors (Lipinski definition) is 1. The monoisotopic (exact) mass is 424 g/mol. The van der Waals surface area contributed by atoms with E-state index in [4.69, 9.17) is 44.3 Å². The Hall–Kier alpha value is -2.34. The minimum atomic E-state index is -0.561. The van der Waals surface area contributed by atoms with Crippen LogP contribution in [0.3, 0.4) is 0 Å². The number of carbonyl (C=O) groups is 1. The summed E-state index contributed by atoms with van der Waals surface area (Å²) in [5.41, 5.74) is 1.52. The third-order valence-electron chi connectivity index (χ3n) is 3.77. The molecule has 8 heteroatoms. The van der Waals surface area contributed by atoms with Gasteiger partial charge in [-0.1, -0.05) is 40.9 Å². The third kappa shape index (κ3) is 4.33. The zero-order valence-electron chi connectivity index (χ0n) is 14.2. The molecule has 0 saturated carbocycles. The standard InChI is InChI=1S/C19H15Cl3N2O3/c1-26-19(25)18-16(9-10-23-13-7-5-12(20)6-8-13)27-11-24(18)17-14(21)3-2-4-15(17)22/h2-10,23H,11H2,1H3/b10-9+. The van der Waals surface area contributed by atoms with Gasteiger partial charge >= 0.3 is 5.97 Å². The van der Waals surface area contributed by atoms with E-state index in [0.29, 0.717) is 26.5 Å². The first-order valence-corrected chi connectivity index (χ1v) is 9.00. The summed E-state index contributed by atoms with van der Waals surface area (Å²) in [4.78, 5) is 13.9. The highest BCUT2D eigenvalue weighted by Crippen LogP contribution is 2.39. The van der Waals surface area contributed by atoms with Crippen molar-refractivity contribution in [1.82, 2.24) is 0 Å². The fraction of sp³-hybridized carbons (Fsp3) is 0.105. The largest absolute Gasteiger partial charge is 0.470 e. The lowest BCUT2D eigenvalue weighted by molar-refractivity contribution is -0.136. The summed E-state index contributed by atoms with van der Waals surface area (Å²) in [5.74, 6) is -0.228. The van der Waals surface area contributed by atoms with E-state index in [0.717, 1.165) is 5.69 Å². The van der Waals surface area contributed by atoms with Crippen LogP contribution in [-0.4, -0.2) is 19.8 Å². The molecule has 27 heavy (non-hydrogen) atoms. The first kappa shape index (κ1) is 19.4. The molecule has 5 nitrogen and oxygen atoms in total. The highest BCUT2D eigenvalue weighted by atomic mass is 35.5. The maximum absolute atomic E-state index is 12.3. The van der Waals surface area contributed by atoms with Crippen LogP contribution in [0.25, 0.3) is 0 Å². The van der Waals surface area contributed by atoms with Gasteiger partial charge in [0.25, 0.3) is 0 Å². The lowest BCUT2D eigenvalue weighted by Gasteiger charge is -2.20. The molecular weight excluding hydrogens is 411 g/mol. The Morgan fingerprint density at radius 3 is 2.44 bits per heavy atom. The highest BCUT2D eigenvalue weighted by Gasteiger charge is 2.32. The minimum absolute atomic E-state index is 0.0779. The van der Waals surface area contributed by atoms with Gasteiger partial charge in [0.2, 0.25) is 0 Å². The number of carbonyl (C=O) groups excluding carboxylic acids is 1. The Kier molecular flexibility index (Phi) is 6.16. The molecule has 0 aliphatic carbocycles. The van der Waals surface area contributed by atoms with E-state index in [1.54, 1.807) is 47.5 Å². The molecule has 0 unspecified atom stereocenters. The number of halogens is 3. The first-order valence-electron chi connectivity index (χ1n) is 7.87. The molecule has 1 aliphatic heterocycles. The van der Waals surface area contributed by atoms with E-state index in [1.165, 1.54) is 7.11 Å². The molecule has 2 aromatic carbocycles. The average molecular weight is 426 g/mol. The summed E-state index contributed by atoms with van der Waals surface area (Å²) in [6.45, 7) is 0.0779. The second-order valence-electron chi connectivity index (χ2n) is 5.46. The second-order valence-corrected chi connectivity index (χ2v) is 6.71. The quantitative estimate of drug-likeness (QED) is 0.645. The van der Waals surface area contributed by atoms with Crippen molar-refractivity contribution < 1.29 is 14.3 Å². The zero-order chi connectivity index (χ0) is 19.4. The molecule has 0 bridgehead atoms. The van der Waals surface area contributed by atoms with Crippen LogP contribution >= 0.6 is 34.8 Å². The van der Waals surface area contributed by atoms with Crippen LogP contribution in [0.2, 0.25) is 15.1 Å². The fourth-order valence-corrected chi connectivity index (χ4v) is 3.24. The predicted octanol–water partition coefficient (Wildman–Crippen LogP) is 5.45. The average Bonchev–Trinajstić information content (AvgIpc) is 3.06. The molecule has 0 amide bonds. The van der Waals surface area contributed by atoms with E-state index in [1.807, 2.05) is 12.1 Å². The number of nitrogens with zero attached hydrogens (tertiary/aromatic N) is 1.